The van der Waals surface area contributed by atoms with Crippen molar-refractivity contribution >= 4 is 44.6 Å². The number of ether oxygens (including phenoxy) is 1. The summed E-state index contributed by atoms with van der Waals surface area (Å²) in [7, 11) is 0. The molecule has 0 saturated heterocycles. The van der Waals surface area contributed by atoms with E-state index in [1.807, 2.05) is 55.5 Å². The number of benzene rings is 3. The fraction of sp³-hybridized carbons (Fsp3) is 0.267. The second-order valence-electron chi connectivity index (χ2n) is 9.60. The number of hydrogen-bond acceptors (Lipinski definition) is 5. The van der Waals surface area contributed by atoms with E-state index in [0.717, 1.165) is 52.8 Å². The van der Waals surface area contributed by atoms with Crippen molar-refractivity contribution in [2.75, 3.05) is 11.9 Å². The first-order valence-electron chi connectivity index (χ1n) is 12.8. The van der Waals surface area contributed by atoms with Crippen LogP contribution in [-0.2, 0) is 4.79 Å². The molecule has 1 saturated carbocycles. The minimum absolute atomic E-state index is 0.0974. The van der Waals surface area contributed by atoms with Gasteiger partial charge in [-0.2, -0.15) is 9.78 Å². The summed E-state index contributed by atoms with van der Waals surface area (Å²) in [6.45, 7) is 1.90. The standard InChI is InChI=1S/C30H29BrN4O3/c1-20-7-12-24(13-8-20)33-28(36)19-38-25-14-9-21(10-15-25)18-32-35-29(22-5-3-2-4-6-22)34-27-16-11-23(31)17-26(27)30(35)37/h7-18,22H,2-6,19H2,1H3,(H,33,36). The van der Waals surface area contributed by atoms with Crippen LogP contribution in [-0.4, -0.2) is 28.4 Å². The third-order valence-corrected chi connectivity index (χ3v) is 7.20. The molecule has 5 rings (SSSR count). The topological polar surface area (TPSA) is 85.6 Å². The van der Waals surface area contributed by atoms with Crippen molar-refractivity contribution in [2.24, 2.45) is 5.10 Å². The minimum Gasteiger partial charge on any atom is -0.484 e. The van der Waals surface area contributed by atoms with E-state index >= 15 is 0 Å². The maximum absolute atomic E-state index is 13.4. The predicted octanol–water partition coefficient (Wildman–Crippen LogP) is 6.41. The van der Waals surface area contributed by atoms with Crippen molar-refractivity contribution in [3.63, 3.8) is 0 Å². The summed E-state index contributed by atoms with van der Waals surface area (Å²) >= 11 is 3.46. The normalized spacial score (nSPS) is 14.2. The molecular formula is C30H29BrN4O3. The minimum atomic E-state index is -0.232. The molecule has 1 aliphatic rings. The molecule has 1 aliphatic carbocycles. The van der Waals surface area contributed by atoms with Crippen LogP contribution < -0.4 is 15.6 Å². The van der Waals surface area contributed by atoms with Crippen LogP contribution in [0.15, 0.2) is 81.1 Å². The Morgan fingerprint density at radius 2 is 1.82 bits per heavy atom. The van der Waals surface area contributed by atoms with Crippen LogP contribution in [0.4, 0.5) is 5.69 Å². The molecule has 1 amide bonds. The lowest BCUT2D eigenvalue weighted by Gasteiger charge is -2.22. The van der Waals surface area contributed by atoms with Crippen LogP contribution in [0.1, 0.15) is 55.0 Å². The average Bonchev–Trinajstić information content (AvgIpc) is 2.94. The number of aromatic nitrogens is 2. The monoisotopic (exact) mass is 572 g/mol. The first kappa shape index (κ1) is 25.9. The van der Waals surface area contributed by atoms with Gasteiger partial charge in [0.25, 0.3) is 11.5 Å². The highest BCUT2D eigenvalue weighted by Crippen LogP contribution is 2.32. The summed E-state index contributed by atoms with van der Waals surface area (Å²) in [5.41, 5.74) is 3.18. The molecular weight excluding hydrogens is 544 g/mol. The van der Waals surface area contributed by atoms with Crippen LogP contribution >= 0.6 is 15.9 Å². The number of nitrogens with one attached hydrogen (secondary N) is 1. The van der Waals surface area contributed by atoms with Crippen LogP contribution in [0.25, 0.3) is 10.9 Å². The van der Waals surface area contributed by atoms with E-state index in [2.05, 4.69) is 26.3 Å². The lowest BCUT2D eigenvalue weighted by molar-refractivity contribution is -0.118. The molecule has 4 aromatic rings. The third kappa shape index (κ3) is 6.19. The Morgan fingerprint density at radius 1 is 1.08 bits per heavy atom. The van der Waals surface area contributed by atoms with E-state index in [-0.39, 0.29) is 24.0 Å². The Hall–Kier alpha value is -3.78. The number of halogens is 1. The van der Waals surface area contributed by atoms with Crippen molar-refractivity contribution < 1.29 is 9.53 Å². The summed E-state index contributed by atoms with van der Waals surface area (Å²) in [6, 6.07) is 20.4. The van der Waals surface area contributed by atoms with Crippen LogP contribution in [0.3, 0.4) is 0 Å². The quantitative estimate of drug-likeness (QED) is 0.259. The maximum Gasteiger partial charge on any atom is 0.282 e. The van der Waals surface area contributed by atoms with Gasteiger partial charge in [-0.05, 0) is 79.9 Å². The van der Waals surface area contributed by atoms with Crippen LogP contribution in [0.2, 0.25) is 0 Å². The van der Waals surface area contributed by atoms with E-state index in [1.165, 1.54) is 11.1 Å². The molecule has 0 spiro atoms. The molecule has 0 bridgehead atoms. The molecule has 38 heavy (non-hydrogen) atoms. The Bertz CT molecular complexity index is 1520. The molecule has 0 atom stereocenters. The number of fused-ring (bicyclic) bond motifs is 1. The van der Waals surface area contributed by atoms with Gasteiger partial charge in [-0.15, -0.1) is 0 Å². The lowest BCUT2D eigenvalue weighted by atomic mass is 9.88. The average molecular weight is 573 g/mol. The lowest BCUT2D eigenvalue weighted by Crippen LogP contribution is -2.25. The zero-order chi connectivity index (χ0) is 26.5. The first-order chi connectivity index (χ1) is 18.5. The van der Waals surface area contributed by atoms with E-state index < -0.39 is 0 Å². The molecule has 1 N–H and O–H groups in total. The molecule has 1 aromatic heterocycles. The van der Waals surface area contributed by atoms with Gasteiger partial charge >= 0.3 is 0 Å². The first-order valence-corrected chi connectivity index (χ1v) is 13.6. The van der Waals surface area contributed by atoms with Crippen molar-refractivity contribution in [1.82, 2.24) is 9.66 Å². The Morgan fingerprint density at radius 3 is 2.55 bits per heavy atom. The molecule has 0 unspecified atom stereocenters. The third-order valence-electron chi connectivity index (χ3n) is 6.71. The summed E-state index contributed by atoms with van der Waals surface area (Å²) in [5, 5.41) is 7.93. The van der Waals surface area contributed by atoms with Crippen molar-refractivity contribution in [1.29, 1.82) is 0 Å². The van der Waals surface area contributed by atoms with E-state index in [1.54, 1.807) is 24.4 Å². The molecule has 8 heteroatoms. The number of anilines is 1. The summed E-state index contributed by atoms with van der Waals surface area (Å²) < 4.78 is 7.92. The number of carbonyl (C=O) groups excluding carboxylic acids is 1. The van der Waals surface area contributed by atoms with Gasteiger partial charge in [-0.1, -0.05) is 52.9 Å². The largest absolute Gasteiger partial charge is 0.484 e. The van der Waals surface area contributed by atoms with Crippen molar-refractivity contribution in [3.8, 4) is 5.75 Å². The highest BCUT2D eigenvalue weighted by atomic mass is 79.9. The molecule has 1 heterocycles. The number of carbonyl (C=O) groups is 1. The fourth-order valence-electron chi connectivity index (χ4n) is 4.66. The smallest absolute Gasteiger partial charge is 0.282 e. The van der Waals surface area contributed by atoms with Gasteiger partial charge in [0.2, 0.25) is 0 Å². The van der Waals surface area contributed by atoms with Gasteiger partial charge in [0.05, 0.1) is 17.1 Å². The zero-order valence-corrected chi connectivity index (χ0v) is 22.8. The Kier molecular flexibility index (Phi) is 7.98. The van der Waals surface area contributed by atoms with Crippen LogP contribution in [0.5, 0.6) is 5.75 Å². The molecule has 0 radical (unpaired) electrons. The Balaban J connectivity index is 1.31. The molecule has 1 fully saturated rings. The second kappa shape index (κ2) is 11.7. The zero-order valence-electron chi connectivity index (χ0n) is 21.2. The van der Waals surface area contributed by atoms with Gasteiger partial charge in [0, 0.05) is 16.1 Å². The highest BCUT2D eigenvalue weighted by Gasteiger charge is 2.22. The van der Waals surface area contributed by atoms with E-state index in [9.17, 15) is 9.59 Å². The van der Waals surface area contributed by atoms with Gasteiger partial charge in [0.1, 0.15) is 11.6 Å². The van der Waals surface area contributed by atoms with Gasteiger partial charge < -0.3 is 10.1 Å². The van der Waals surface area contributed by atoms with E-state index in [0.29, 0.717) is 16.7 Å². The SMILES string of the molecule is Cc1ccc(NC(=O)COc2ccc(C=Nn3c(C4CCCCC4)nc4ccc(Br)cc4c3=O)cc2)cc1. The van der Waals surface area contributed by atoms with Crippen molar-refractivity contribution in [3.05, 3.63) is 98.5 Å². The highest BCUT2D eigenvalue weighted by molar-refractivity contribution is 9.10. The second-order valence-corrected chi connectivity index (χ2v) is 10.5. The number of amides is 1. The summed E-state index contributed by atoms with van der Waals surface area (Å²) in [4.78, 5) is 30.5. The fourth-order valence-corrected chi connectivity index (χ4v) is 5.02. The number of rotatable bonds is 7. The van der Waals surface area contributed by atoms with Gasteiger partial charge in [0.15, 0.2) is 6.61 Å². The number of nitrogens with zero attached hydrogens (tertiary/aromatic N) is 3. The Labute approximate surface area is 229 Å². The number of aryl methyl sites for hydroxylation is 1. The van der Waals surface area contributed by atoms with Crippen LogP contribution in [0, 0.1) is 6.92 Å². The predicted molar refractivity (Wildman–Crippen MR) is 154 cm³/mol. The maximum atomic E-state index is 13.4. The molecule has 7 nitrogen and oxygen atoms in total. The van der Waals surface area contributed by atoms with Gasteiger partial charge in [-0.25, -0.2) is 4.98 Å². The molecule has 194 valence electrons. The summed E-state index contributed by atoms with van der Waals surface area (Å²) in [5.74, 6) is 1.27. The molecule has 0 aliphatic heterocycles. The summed E-state index contributed by atoms with van der Waals surface area (Å²) in [6.07, 6.45) is 7.15. The van der Waals surface area contributed by atoms with Gasteiger partial charge in [-0.3, -0.25) is 9.59 Å². The van der Waals surface area contributed by atoms with Crippen molar-refractivity contribution in [2.45, 2.75) is 44.9 Å². The van der Waals surface area contributed by atoms with E-state index in [4.69, 9.17) is 9.72 Å². The number of hydrogen-bond donors (Lipinski definition) is 1. The molecule has 3 aromatic carbocycles.